The third-order valence-electron chi connectivity index (χ3n) is 12.1. The van der Waals surface area contributed by atoms with Crippen molar-refractivity contribution < 1.29 is 62.0 Å². The largest absolute Gasteiger partial charge is 0.514 e. The number of nitrogens with one attached hydrogen (secondary N) is 2. The van der Waals surface area contributed by atoms with E-state index in [1.807, 2.05) is 24.3 Å². The van der Waals surface area contributed by atoms with Crippen LogP contribution < -0.4 is 20.1 Å². The summed E-state index contributed by atoms with van der Waals surface area (Å²) in [7, 11) is 2.69. The van der Waals surface area contributed by atoms with E-state index in [4.69, 9.17) is 40.0 Å². The molecule has 16 nitrogen and oxygen atoms in total. The smallest absolute Gasteiger partial charge is 0.490 e. The third kappa shape index (κ3) is 16.1. The van der Waals surface area contributed by atoms with Crippen LogP contribution >= 0.6 is 11.6 Å². The lowest BCUT2D eigenvalue weighted by molar-refractivity contribution is -0.146. The topological polar surface area (TPSA) is 205 Å². The number of benzene rings is 4. The van der Waals surface area contributed by atoms with Crippen LogP contribution in [0, 0.1) is 11.8 Å². The summed E-state index contributed by atoms with van der Waals surface area (Å²) in [5.74, 6) is -4.20. The number of methoxy groups -OCH3 is 1. The van der Waals surface area contributed by atoms with Gasteiger partial charge < -0.3 is 44.0 Å². The summed E-state index contributed by atoms with van der Waals surface area (Å²) in [6, 6.07) is 21.7. The number of Topliss-reactive ketones (excluding diaryl/α,β-unsaturated/α-hetero) is 2. The van der Waals surface area contributed by atoms with Gasteiger partial charge in [0.25, 0.3) is 0 Å². The number of unbranched alkanes of at least 4 members (excludes halogenated alkanes) is 1. The highest BCUT2D eigenvalue weighted by Crippen LogP contribution is 2.41. The Kier molecular flexibility index (Phi) is 18.5. The molecule has 5 atom stereocenters. The Labute approximate surface area is 431 Å². The highest BCUT2D eigenvalue weighted by Gasteiger charge is 2.37. The summed E-state index contributed by atoms with van der Waals surface area (Å²) in [5.41, 5.74) is 2.10. The molecule has 390 valence electrons. The van der Waals surface area contributed by atoms with E-state index in [1.165, 1.54) is 25.1 Å². The predicted octanol–water partition coefficient (Wildman–Crippen LogP) is 9.66. The third-order valence-corrected chi connectivity index (χ3v) is 12.4. The van der Waals surface area contributed by atoms with E-state index in [9.17, 15) is 28.8 Å². The van der Waals surface area contributed by atoms with Crippen molar-refractivity contribution in [3.63, 3.8) is 0 Å². The molecule has 1 unspecified atom stereocenters. The molecule has 0 radical (unpaired) electrons. The fourth-order valence-corrected chi connectivity index (χ4v) is 8.49. The molecule has 4 aromatic carbocycles. The monoisotopic (exact) mass is 1020 g/mol. The number of hydrogen-bond donors (Lipinski definition) is 2. The van der Waals surface area contributed by atoms with Gasteiger partial charge in [-0.2, -0.15) is 0 Å². The van der Waals surface area contributed by atoms with Crippen molar-refractivity contribution in [1.29, 1.82) is 0 Å². The standard InChI is InChI=1S/C56H66ClN3O13/c1-33-26-46(62)49(60(8)51(64)39(12-10-11-25-58-53(66)72-55(2,3)4)30-45(61)37-16-14-35(15-17-37)36-18-21-40(57)22-19-36)38-20-24-47(70-32-41-31-69-41)43(29-38)42-27-34(28-44(52(65)68-9)59-50(33)63)13-23-48(42)71-54(67)73-56(5,6)7/h13-24,27,29,33,39,41,44,49H,10-12,25-26,28,30-32H2,1-9H3,(H,58,66)(H,59,63)/t33-,39-,41?,44+,49+/m1/s1. The predicted molar refractivity (Wildman–Crippen MR) is 273 cm³/mol. The summed E-state index contributed by atoms with van der Waals surface area (Å²) in [4.78, 5) is 98.4. The van der Waals surface area contributed by atoms with Crippen molar-refractivity contribution >= 4 is 53.2 Å². The Morgan fingerprint density at radius 3 is 2.08 bits per heavy atom. The van der Waals surface area contributed by atoms with E-state index < -0.39 is 70.9 Å². The van der Waals surface area contributed by atoms with Crippen molar-refractivity contribution in [2.24, 2.45) is 11.8 Å². The van der Waals surface area contributed by atoms with Crippen molar-refractivity contribution in [1.82, 2.24) is 15.5 Å². The number of carbonyl (C=O) groups is 7. The number of ether oxygens (including phenoxy) is 6. The molecule has 3 amide bonds. The lowest BCUT2D eigenvalue weighted by Crippen LogP contribution is -2.46. The van der Waals surface area contributed by atoms with Crippen LogP contribution in [0.3, 0.4) is 0 Å². The molecule has 1 saturated heterocycles. The maximum atomic E-state index is 15.2. The van der Waals surface area contributed by atoms with E-state index in [0.717, 1.165) is 11.1 Å². The number of hydrogen-bond acceptors (Lipinski definition) is 13. The number of nitrogens with zero attached hydrogens (tertiary/aromatic N) is 1. The van der Waals surface area contributed by atoms with E-state index in [2.05, 4.69) is 10.6 Å². The second-order valence-corrected chi connectivity index (χ2v) is 20.9. The van der Waals surface area contributed by atoms with Crippen molar-refractivity contribution in [2.45, 2.75) is 116 Å². The fraction of sp³-hybridized carbons (Fsp3) is 0.446. The zero-order valence-corrected chi connectivity index (χ0v) is 43.7. The van der Waals surface area contributed by atoms with Gasteiger partial charge in [0.15, 0.2) is 11.6 Å². The molecular formula is C56H66ClN3O13. The maximum Gasteiger partial charge on any atom is 0.514 e. The van der Waals surface area contributed by atoms with Crippen molar-refractivity contribution in [3.8, 4) is 33.8 Å². The number of rotatable bonds is 16. The van der Waals surface area contributed by atoms with Crippen LogP contribution in [-0.4, -0.2) is 104 Å². The van der Waals surface area contributed by atoms with Crippen LogP contribution in [0.15, 0.2) is 84.9 Å². The molecule has 2 aliphatic heterocycles. The van der Waals surface area contributed by atoms with Crippen LogP contribution in [0.1, 0.15) is 108 Å². The van der Waals surface area contributed by atoms with Gasteiger partial charge in [-0.15, -0.1) is 0 Å². The zero-order valence-electron chi connectivity index (χ0n) is 43.0. The second-order valence-electron chi connectivity index (χ2n) is 20.5. The highest BCUT2D eigenvalue weighted by molar-refractivity contribution is 6.30. The first-order valence-electron chi connectivity index (χ1n) is 24.4. The van der Waals surface area contributed by atoms with E-state index in [-0.39, 0.29) is 56.5 Å². The van der Waals surface area contributed by atoms with Gasteiger partial charge in [-0.05, 0) is 113 Å². The Balaban J connectivity index is 1.41. The first-order chi connectivity index (χ1) is 34.5. The molecule has 1 fully saturated rings. The van der Waals surface area contributed by atoms with Gasteiger partial charge in [0, 0.05) is 66.4 Å². The van der Waals surface area contributed by atoms with Crippen LogP contribution in [0.5, 0.6) is 11.5 Å². The molecule has 4 bridgehead atoms. The van der Waals surface area contributed by atoms with Gasteiger partial charge >= 0.3 is 18.2 Å². The van der Waals surface area contributed by atoms with Crippen LogP contribution in [0.2, 0.25) is 5.02 Å². The lowest BCUT2D eigenvalue weighted by Gasteiger charge is -2.32. The minimum absolute atomic E-state index is 0.0336. The van der Waals surface area contributed by atoms with E-state index in [1.54, 1.807) is 103 Å². The maximum absolute atomic E-state index is 15.2. The molecule has 2 heterocycles. The first-order valence-corrected chi connectivity index (χ1v) is 24.8. The minimum atomic E-state index is -1.33. The van der Waals surface area contributed by atoms with E-state index in [0.29, 0.717) is 58.0 Å². The molecule has 4 aromatic rings. The number of ketones is 2. The molecular weight excluding hydrogens is 958 g/mol. The molecule has 2 aliphatic rings. The summed E-state index contributed by atoms with van der Waals surface area (Å²) in [5, 5.41) is 6.09. The highest BCUT2D eigenvalue weighted by atomic mass is 35.5. The molecule has 6 rings (SSSR count). The summed E-state index contributed by atoms with van der Waals surface area (Å²) < 4.78 is 33.6. The quantitative estimate of drug-likeness (QED) is 0.0268. The average Bonchev–Trinajstić information content (AvgIpc) is 4.16. The van der Waals surface area contributed by atoms with Gasteiger partial charge in [-0.25, -0.2) is 14.4 Å². The molecule has 73 heavy (non-hydrogen) atoms. The Bertz CT molecular complexity index is 2650. The van der Waals surface area contributed by atoms with Crippen LogP contribution in [0.4, 0.5) is 9.59 Å². The minimum Gasteiger partial charge on any atom is -0.490 e. The number of epoxide rings is 1. The van der Waals surface area contributed by atoms with Gasteiger partial charge in [-0.3, -0.25) is 19.2 Å². The van der Waals surface area contributed by atoms with E-state index >= 15 is 4.79 Å². The lowest BCUT2D eigenvalue weighted by atomic mass is 9.88. The Morgan fingerprint density at radius 1 is 0.822 bits per heavy atom. The van der Waals surface area contributed by atoms with Crippen LogP contribution in [-0.2, 0) is 44.5 Å². The molecule has 0 aliphatic carbocycles. The second kappa shape index (κ2) is 24.3. The van der Waals surface area contributed by atoms with Gasteiger partial charge in [-0.1, -0.05) is 73.5 Å². The number of esters is 1. The van der Waals surface area contributed by atoms with Gasteiger partial charge in [0.05, 0.1) is 13.7 Å². The van der Waals surface area contributed by atoms with Gasteiger partial charge in [0.1, 0.15) is 47.5 Å². The number of amides is 3. The molecule has 2 N–H and O–H groups in total. The number of carbonyl (C=O) groups excluding carboxylic acids is 7. The molecule has 0 spiro atoms. The summed E-state index contributed by atoms with van der Waals surface area (Å²) in [6.45, 7) is 12.8. The molecule has 17 heteroatoms. The zero-order chi connectivity index (χ0) is 53.2. The van der Waals surface area contributed by atoms with Gasteiger partial charge in [0.2, 0.25) is 11.8 Å². The SMILES string of the molecule is COC(=O)[C@@H]1Cc2ccc(OC(=O)OC(C)(C)C)c(c2)-c2cc(ccc2OCC2CO2)[C@H](N(C)C(=O)[C@H](CCCCNC(=O)OC(C)(C)C)CC(=O)c2ccc(-c3ccc(Cl)cc3)cc2)C(=O)C[C@@H](C)C(=O)N1. The van der Waals surface area contributed by atoms with Crippen LogP contribution in [0.25, 0.3) is 22.3 Å². The number of alkyl carbamates (subject to hydrolysis) is 1. The Hall–Kier alpha value is -6.78. The number of halogens is 1. The van der Waals surface area contributed by atoms with Crippen molar-refractivity contribution in [3.05, 3.63) is 107 Å². The van der Waals surface area contributed by atoms with Crippen molar-refractivity contribution in [2.75, 3.05) is 33.9 Å². The summed E-state index contributed by atoms with van der Waals surface area (Å²) in [6.07, 6.45) is -1.27. The summed E-state index contributed by atoms with van der Waals surface area (Å²) >= 11 is 6.11. The average molecular weight is 1020 g/mol. The molecule has 0 aromatic heterocycles. The Morgan fingerprint density at radius 2 is 1.45 bits per heavy atom. The first kappa shape index (κ1) is 55.5. The molecule has 0 saturated carbocycles. The number of likely N-dealkylation sites (N-methyl/N-ethyl adjacent to an activating group) is 1. The number of fused-ring (bicyclic) bond motifs is 5. The fourth-order valence-electron chi connectivity index (χ4n) is 8.36. The normalized spacial score (nSPS) is 18.2.